The molecule has 0 saturated carbocycles. The average molecular weight is 230 g/mol. The summed E-state index contributed by atoms with van der Waals surface area (Å²) in [6.07, 6.45) is 0. The Bertz CT molecular complexity index is 434. The first-order valence-corrected chi connectivity index (χ1v) is 5.07. The second-order valence-corrected chi connectivity index (χ2v) is 3.50. The van der Waals surface area contributed by atoms with E-state index in [9.17, 15) is 0 Å². The van der Waals surface area contributed by atoms with Crippen LogP contribution >= 0.6 is 0 Å². The van der Waals surface area contributed by atoms with E-state index in [4.69, 9.17) is 5.73 Å². The summed E-state index contributed by atoms with van der Waals surface area (Å²) in [4.78, 5) is 0. The van der Waals surface area contributed by atoms with Crippen LogP contribution in [0.15, 0.2) is 54.6 Å². The summed E-state index contributed by atoms with van der Waals surface area (Å²) >= 11 is 0. The van der Waals surface area contributed by atoms with Crippen LogP contribution in [0.2, 0.25) is 0 Å². The highest BCUT2D eigenvalue weighted by Gasteiger charge is 1.98. The molecule has 3 nitrogen and oxygen atoms in total. The SMILES string of the molecule is NCc1cccc([B]c2ccccc2)c1.O.O. The van der Waals surface area contributed by atoms with Gasteiger partial charge in [-0.25, -0.2) is 0 Å². The van der Waals surface area contributed by atoms with Gasteiger partial charge in [0.25, 0.3) is 0 Å². The minimum absolute atomic E-state index is 0. The monoisotopic (exact) mass is 230 g/mol. The Morgan fingerprint density at radius 3 is 2.12 bits per heavy atom. The molecule has 17 heavy (non-hydrogen) atoms. The number of hydrogen-bond donors (Lipinski definition) is 1. The standard InChI is InChI=1S/C13H13BN.2H2O/c15-10-11-5-4-8-13(9-11)14-12-6-2-1-3-7-12;;/h1-9H,10,15H2;2*1H2. The highest BCUT2D eigenvalue weighted by atomic mass is 16.0. The lowest BCUT2D eigenvalue weighted by atomic mass is 9.64. The van der Waals surface area contributed by atoms with Gasteiger partial charge in [0.15, 0.2) is 7.28 Å². The highest BCUT2D eigenvalue weighted by molar-refractivity contribution is 6.67. The molecule has 0 atom stereocenters. The molecular formula is C13H17BNO2. The maximum Gasteiger partial charge on any atom is 0.191 e. The molecule has 0 aromatic heterocycles. The summed E-state index contributed by atoms with van der Waals surface area (Å²) in [5.41, 5.74) is 9.18. The first-order valence-electron chi connectivity index (χ1n) is 5.07. The topological polar surface area (TPSA) is 89.0 Å². The van der Waals surface area contributed by atoms with E-state index < -0.39 is 0 Å². The van der Waals surface area contributed by atoms with Crippen LogP contribution in [0.5, 0.6) is 0 Å². The third kappa shape index (κ3) is 4.40. The molecule has 0 bridgehead atoms. The zero-order valence-electron chi connectivity index (χ0n) is 9.56. The minimum Gasteiger partial charge on any atom is -0.412 e. The van der Waals surface area contributed by atoms with Gasteiger partial charge < -0.3 is 16.7 Å². The van der Waals surface area contributed by atoms with Gasteiger partial charge in [-0.3, -0.25) is 0 Å². The Labute approximate surface area is 102 Å². The van der Waals surface area contributed by atoms with Gasteiger partial charge in [0.1, 0.15) is 0 Å². The summed E-state index contributed by atoms with van der Waals surface area (Å²) in [7, 11) is 2.15. The molecule has 89 valence electrons. The Balaban J connectivity index is 0.00000128. The average Bonchev–Trinajstić information content (AvgIpc) is 2.31. The lowest BCUT2D eigenvalue weighted by Gasteiger charge is -2.02. The molecule has 2 aromatic carbocycles. The second kappa shape index (κ2) is 7.62. The van der Waals surface area contributed by atoms with Gasteiger partial charge >= 0.3 is 0 Å². The van der Waals surface area contributed by atoms with E-state index in [1.54, 1.807) is 0 Å². The molecule has 6 N–H and O–H groups in total. The second-order valence-electron chi connectivity index (χ2n) is 3.50. The van der Waals surface area contributed by atoms with Crippen molar-refractivity contribution in [2.24, 2.45) is 5.73 Å². The molecule has 0 aliphatic heterocycles. The summed E-state index contributed by atoms with van der Waals surface area (Å²) in [5.74, 6) is 0. The molecule has 2 aromatic rings. The Kier molecular flexibility index (Phi) is 6.90. The fourth-order valence-corrected chi connectivity index (χ4v) is 1.55. The summed E-state index contributed by atoms with van der Waals surface area (Å²) < 4.78 is 0. The van der Waals surface area contributed by atoms with E-state index in [2.05, 4.69) is 31.5 Å². The van der Waals surface area contributed by atoms with Gasteiger partial charge in [-0.2, -0.15) is 0 Å². The van der Waals surface area contributed by atoms with Crippen molar-refractivity contribution in [2.45, 2.75) is 6.54 Å². The summed E-state index contributed by atoms with van der Waals surface area (Å²) in [6.45, 7) is 0.594. The third-order valence-corrected chi connectivity index (χ3v) is 2.32. The summed E-state index contributed by atoms with van der Waals surface area (Å²) in [6, 6.07) is 18.6. The van der Waals surface area contributed by atoms with Gasteiger partial charge in [-0.1, -0.05) is 65.5 Å². The van der Waals surface area contributed by atoms with E-state index in [1.807, 2.05) is 30.3 Å². The molecule has 0 fully saturated rings. The fourth-order valence-electron chi connectivity index (χ4n) is 1.55. The molecular weight excluding hydrogens is 213 g/mol. The molecule has 1 radical (unpaired) electrons. The van der Waals surface area contributed by atoms with Gasteiger partial charge in [-0.15, -0.1) is 0 Å². The van der Waals surface area contributed by atoms with Crippen LogP contribution in [0, 0.1) is 0 Å². The van der Waals surface area contributed by atoms with Gasteiger partial charge in [0.2, 0.25) is 0 Å². The molecule has 0 saturated heterocycles. The molecule has 0 aliphatic carbocycles. The van der Waals surface area contributed by atoms with Crippen molar-refractivity contribution in [1.82, 2.24) is 0 Å². The fraction of sp³-hybridized carbons (Fsp3) is 0.0769. The number of hydrogen-bond acceptors (Lipinski definition) is 1. The van der Waals surface area contributed by atoms with Gasteiger partial charge in [0.05, 0.1) is 0 Å². The summed E-state index contributed by atoms with van der Waals surface area (Å²) in [5, 5.41) is 0. The van der Waals surface area contributed by atoms with Crippen molar-refractivity contribution in [1.29, 1.82) is 0 Å². The third-order valence-electron chi connectivity index (χ3n) is 2.32. The van der Waals surface area contributed by atoms with E-state index >= 15 is 0 Å². The number of benzene rings is 2. The first kappa shape index (κ1) is 15.4. The number of nitrogens with two attached hydrogens (primary N) is 1. The van der Waals surface area contributed by atoms with Crippen LogP contribution < -0.4 is 16.7 Å². The van der Waals surface area contributed by atoms with Crippen molar-refractivity contribution in [3.63, 3.8) is 0 Å². The molecule has 0 amide bonds. The molecule has 0 spiro atoms. The van der Waals surface area contributed by atoms with Crippen molar-refractivity contribution < 1.29 is 11.0 Å². The van der Waals surface area contributed by atoms with Crippen molar-refractivity contribution in [2.75, 3.05) is 0 Å². The van der Waals surface area contributed by atoms with Crippen molar-refractivity contribution >= 4 is 18.2 Å². The first-order chi connectivity index (χ1) is 7.38. The predicted molar refractivity (Wildman–Crippen MR) is 73.0 cm³/mol. The maximum atomic E-state index is 5.60. The normalized spacial score (nSPS) is 8.76. The number of rotatable bonds is 3. The smallest absolute Gasteiger partial charge is 0.191 e. The Morgan fingerprint density at radius 1 is 0.824 bits per heavy atom. The zero-order chi connectivity index (χ0) is 10.5. The molecule has 2 rings (SSSR count). The zero-order valence-corrected chi connectivity index (χ0v) is 9.56. The van der Waals surface area contributed by atoms with E-state index in [1.165, 1.54) is 16.5 Å². The maximum absolute atomic E-state index is 5.60. The Hall–Kier alpha value is -1.62. The predicted octanol–water partition coefficient (Wildman–Crippen LogP) is -0.849. The van der Waals surface area contributed by atoms with Crippen LogP contribution in [0.1, 0.15) is 5.56 Å². The molecule has 4 heteroatoms. The molecule has 0 unspecified atom stereocenters. The van der Waals surface area contributed by atoms with Gasteiger partial charge in [-0.05, 0) is 5.56 Å². The van der Waals surface area contributed by atoms with E-state index in [-0.39, 0.29) is 11.0 Å². The highest BCUT2D eigenvalue weighted by Crippen LogP contribution is 1.94. The molecule has 0 heterocycles. The van der Waals surface area contributed by atoms with Crippen LogP contribution in [0.4, 0.5) is 0 Å². The van der Waals surface area contributed by atoms with Crippen LogP contribution in [-0.2, 0) is 6.54 Å². The lowest BCUT2D eigenvalue weighted by Crippen LogP contribution is -2.27. The van der Waals surface area contributed by atoms with Crippen molar-refractivity contribution in [3.05, 3.63) is 60.2 Å². The van der Waals surface area contributed by atoms with E-state index in [0.717, 1.165) is 0 Å². The van der Waals surface area contributed by atoms with E-state index in [0.29, 0.717) is 6.54 Å². The van der Waals surface area contributed by atoms with Crippen LogP contribution in [0.25, 0.3) is 0 Å². The van der Waals surface area contributed by atoms with Crippen LogP contribution in [0.3, 0.4) is 0 Å². The molecule has 0 aliphatic rings. The lowest BCUT2D eigenvalue weighted by molar-refractivity contribution is 0.823. The minimum atomic E-state index is 0. The van der Waals surface area contributed by atoms with Gasteiger partial charge in [0, 0.05) is 6.54 Å². The quantitative estimate of drug-likeness (QED) is 0.684. The largest absolute Gasteiger partial charge is 0.412 e. The van der Waals surface area contributed by atoms with Crippen molar-refractivity contribution in [3.8, 4) is 0 Å². The Morgan fingerprint density at radius 2 is 1.47 bits per heavy atom. The van der Waals surface area contributed by atoms with Crippen LogP contribution in [-0.4, -0.2) is 18.2 Å².